The van der Waals surface area contributed by atoms with Gasteiger partial charge in [0.25, 0.3) is 0 Å². The van der Waals surface area contributed by atoms with E-state index in [0.717, 1.165) is 22.3 Å². The van der Waals surface area contributed by atoms with Crippen LogP contribution in [-0.2, 0) is 11.3 Å². The van der Waals surface area contributed by atoms with Gasteiger partial charge in [-0.1, -0.05) is 66.2 Å². The first-order valence-electron chi connectivity index (χ1n) is 13.3. The lowest BCUT2D eigenvalue weighted by atomic mass is 10.0. The quantitative estimate of drug-likeness (QED) is 0.188. The third-order valence-electron chi connectivity index (χ3n) is 7.13. The number of pyridine rings is 1. The molecule has 43 heavy (non-hydrogen) atoms. The number of nitrogens with one attached hydrogen (secondary N) is 1. The van der Waals surface area contributed by atoms with E-state index in [-0.39, 0.29) is 24.7 Å². The van der Waals surface area contributed by atoms with Gasteiger partial charge in [0.1, 0.15) is 5.75 Å². The van der Waals surface area contributed by atoms with Crippen LogP contribution in [0.25, 0.3) is 33.5 Å². The Labute approximate surface area is 248 Å². The minimum Gasteiger partial charge on any atom is -0.478 e. The highest BCUT2D eigenvalue weighted by atomic mass is 35.5. The summed E-state index contributed by atoms with van der Waals surface area (Å²) in [7, 11) is 0. The average molecular weight is 609 g/mol. The molecule has 1 aliphatic heterocycles. The number of aromatic amines is 1. The van der Waals surface area contributed by atoms with Gasteiger partial charge in [-0.2, -0.15) is 4.98 Å². The van der Waals surface area contributed by atoms with Crippen LogP contribution in [0.4, 0.5) is 13.2 Å². The number of aromatic carboxylic acids is 1. The number of aromatic nitrogens is 3. The summed E-state index contributed by atoms with van der Waals surface area (Å²) in [6.45, 7) is 2.76. The van der Waals surface area contributed by atoms with Crippen molar-refractivity contribution >= 4 is 28.7 Å². The van der Waals surface area contributed by atoms with Gasteiger partial charge in [-0.15, -0.1) is 13.2 Å². The number of hydrogen-bond donors (Lipinski definition) is 2. The van der Waals surface area contributed by atoms with Crippen molar-refractivity contribution in [2.75, 3.05) is 13.1 Å². The Bertz CT molecular complexity index is 1800. The predicted molar refractivity (Wildman–Crippen MR) is 154 cm³/mol. The molecule has 12 heteroatoms. The van der Waals surface area contributed by atoms with Crippen molar-refractivity contribution in [1.29, 1.82) is 0 Å². The lowest BCUT2D eigenvalue weighted by molar-refractivity contribution is -0.355. The fourth-order valence-electron chi connectivity index (χ4n) is 4.95. The Morgan fingerprint density at radius 1 is 1.00 bits per heavy atom. The Morgan fingerprint density at radius 3 is 2.30 bits per heavy atom. The minimum absolute atomic E-state index is 0.139. The first-order valence-corrected chi connectivity index (χ1v) is 13.6. The number of alkyl halides is 3. The summed E-state index contributed by atoms with van der Waals surface area (Å²) in [4.78, 5) is 25.4. The number of halogens is 4. The molecule has 3 aromatic carbocycles. The van der Waals surface area contributed by atoms with Crippen molar-refractivity contribution in [1.82, 2.24) is 19.9 Å². The van der Waals surface area contributed by atoms with Gasteiger partial charge in [0, 0.05) is 25.2 Å². The van der Waals surface area contributed by atoms with E-state index in [0.29, 0.717) is 39.7 Å². The van der Waals surface area contributed by atoms with Crippen LogP contribution in [0.15, 0.2) is 72.8 Å². The first-order chi connectivity index (χ1) is 20.5. The predicted octanol–water partition coefficient (Wildman–Crippen LogP) is 7.46. The second-order valence-electron chi connectivity index (χ2n) is 10.3. The van der Waals surface area contributed by atoms with E-state index in [4.69, 9.17) is 16.3 Å². The van der Waals surface area contributed by atoms with E-state index in [2.05, 4.69) is 19.7 Å². The van der Waals surface area contributed by atoms with Gasteiger partial charge >= 0.3 is 18.3 Å². The maximum Gasteiger partial charge on any atom is 0.522 e. The summed E-state index contributed by atoms with van der Waals surface area (Å²) < 4.78 is 46.8. The molecule has 0 bridgehead atoms. The van der Waals surface area contributed by atoms with Crippen LogP contribution in [0.3, 0.4) is 0 Å². The molecule has 0 aliphatic carbocycles. The van der Waals surface area contributed by atoms with Gasteiger partial charge in [-0.05, 0) is 47.4 Å². The smallest absolute Gasteiger partial charge is 0.478 e. The molecule has 220 valence electrons. The van der Waals surface area contributed by atoms with E-state index in [1.807, 2.05) is 53.4 Å². The molecule has 1 aliphatic rings. The molecule has 5 aromatic rings. The molecule has 0 unspecified atom stereocenters. The van der Waals surface area contributed by atoms with Gasteiger partial charge in [-0.25, -0.2) is 9.78 Å². The Hall–Kier alpha value is -4.45. The van der Waals surface area contributed by atoms with Crippen molar-refractivity contribution in [3.63, 3.8) is 0 Å². The number of carbonyl (C=O) groups is 1. The normalized spacial score (nSPS) is 14.2. The second kappa shape index (κ2) is 11.3. The van der Waals surface area contributed by atoms with Crippen molar-refractivity contribution in [3.05, 3.63) is 94.5 Å². The van der Waals surface area contributed by atoms with Gasteiger partial charge in [-0.3, -0.25) is 9.64 Å². The molecular weight excluding hydrogens is 585 g/mol. The summed E-state index contributed by atoms with van der Waals surface area (Å²) >= 11 is 6.57. The van der Waals surface area contributed by atoms with Crippen molar-refractivity contribution in [2.24, 2.45) is 0 Å². The first kappa shape index (κ1) is 28.7. The van der Waals surface area contributed by atoms with Crippen LogP contribution in [0.2, 0.25) is 5.02 Å². The van der Waals surface area contributed by atoms with E-state index in [1.165, 1.54) is 6.07 Å². The number of H-pyrrole nitrogens is 1. The van der Waals surface area contributed by atoms with Crippen LogP contribution < -0.4 is 4.74 Å². The van der Waals surface area contributed by atoms with Gasteiger partial charge < -0.3 is 14.8 Å². The van der Waals surface area contributed by atoms with Crippen LogP contribution >= 0.6 is 11.6 Å². The van der Waals surface area contributed by atoms with Crippen LogP contribution in [0, 0.1) is 6.92 Å². The molecule has 0 spiro atoms. The molecule has 6 rings (SSSR count). The van der Waals surface area contributed by atoms with Gasteiger partial charge in [0.05, 0.1) is 27.9 Å². The van der Waals surface area contributed by atoms with Gasteiger partial charge in [0.2, 0.25) is 0 Å². The number of rotatable bonds is 8. The third-order valence-corrected chi connectivity index (χ3v) is 7.42. The molecule has 0 atom stereocenters. The number of nitrogens with zero attached hydrogens (tertiary/aromatic N) is 3. The van der Waals surface area contributed by atoms with E-state index < -0.39 is 18.4 Å². The van der Waals surface area contributed by atoms with E-state index >= 15 is 0 Å². The third kappa shape index (κ3) is 6.48. The zero-order chi connectivity index (χ0) is 30.3. The molecule has 0 radical (unpaired) electrons. The number of aryl methyl sites for hydroxylation is 1. The summed E-state index contributed by atoms with van der Waals surface area (Å²) in [6.07, 6.45) is -5.41. The molecule has 1 saturated heterocycles. The van der Waals surface area contributed by atoms with Crippen molar-refractivity contribution in [2.45, 2.75) is 25.9 Å². The molecule has 0 saturated carbocycles. The van der Waals surface area contributed by atoms with Crippen LogP contribution in [0.1, 0.15) is 21.5 Å². The SMILES string of the molecule is Cc1ccc(Oc2nc3nc(-c4ccc(-c5ccc(CN6CC(OC(F)(F)F)C6)cc5)cc4)c(Cl)cc3[nH]2)cc1C(=O)O. The van der Waals surface area contributed by atoms with Crippen molar-refractivity contribution in [3.8, 4) is 34.1 Å². The fourth-order valence-corrected chi connectivity index (χ4v) is 5.21. The number of imidazole rings is 1. The summed E-state index contributed by atoms with van der Waals surface area (Å²) in [5.41, 5.74) is 6.00. The number of likely N-dealkylation sites (tertiary alicyclic amines) is 1. The summed E-state index contributed by atoms with van der Waals surface area (Å²) in [5.74, 6) is -0.725. The Morgan fingerprint density at radius 2 is 1.65 bits per heavy atom. The molecule has 2 aromatic heterocycles. The topological polar surface area (TPSA) is 101 Å². The van der Waals surface area contributed by atoms with E-state index in [9.17, 15) is 23.1 Å². The Balaban J connectivity index is 1.13. The molecule has 2 N–H and O–H groups in total. The number of carboxylic acid groups (broad SMARTS) is 1. The number of ether oxygens (including phenoxy) is 2. The molecule has 1 fully saturated rings. The lowest BCUT2D eigenvalue weighted by Crippen LogP contribution is -2.53. The minimum atomic E-state index is -4.60. The fraction of sp³-hybridized carbons (Fsp3) is 0.194. The van der Waals surface area contributed by atoms with Crippen LogP contribution in [-0.4, -0.2) is 56.5 Å². The molecule has 0 amide bonds. The average Bonchev–Trinajstić information content (AvgIpc) is 3.33. The van der Waals surface area contributed by atoms with E-state index in [1.54, 1.807) is 25.1 Å². The largest absolute Gasteiger partial charge is 0.522 e. The van der Waals surface area contributed by atoms with Crippen molar-refractivity contribution < 1.29 is 32.5 Å². The maximum absolute atomic E-state index is 12.3. The molecular formula is C31H24ClF3N4O4. The standard InChI is InChI=1S/C31H24ClF3N4O4/c1-17-2-11-22(12-24(17)29(40)41)42-30-36-26-13-25(32)27(37-28(26)38-30)21-9-7-20(8-10-21)19-5-3-18(4-6-19)14-39-15-23(16-39)43-31(33,34)35/h2-13,23H,14-16H2,1H3,(H,40,41)(H,36,37,38). The molecule has 8 nitrogen and oxygen atoms in total. The Kier molecular flexibility index (Phi) is 7.55. The number of carboxylic acids is 1. The summed E-state index contributed by atoms with van der Waals surface area (Å²) in [6, 6.07) is 22.2. The zero-order valence-corrected chi connectivity index (χ0v) is 23.4. The van der Waals surface area contributed by atoms with Gasteiger partial charge in [0.15, 0.2) is 5.65 Å². The number of benzene rings is 3. The monoisotopic (exact) mass is 608 g/mol. The number of hydrogen-bond acceptors (Lipinski definition) is 6. The highest BCUT2D eigenvalue weighted by Gasteiger charge is 2.39. The number of fused-ring (bicyclic) bond motifs is 1. The summed E-state index contributed by atoms with van der Waals surface area (Å²) in [5, 5.41) is 9.78. The highest BCUT2D eigenvalue weighted by molar-refractivity contribution is 6.33. The highest BCUT2D eigenvalue weighted by Crippen LogP contribution is 2.32. The maximum atomic E-state index is 12.3. The lowest BCUT2D eigenvalue weighted by Gasteiger charge is -2.39. The zero-order valence-electron chi connectivity index (χ0n) is 22.7. The van der Waals surface area contributed by atoms with Crippen LogP contribution in [0.5, 0.6) is 11.8 Å². The molecule has 3 heterocycles. The second-order valence-corrected chi connectivity index (χ2v) is 10.7.